The standard InChI is InChI=1S/C19H24ClNO4S2/c1-24-17(22)14(18(23)25-2)12-16(13-8-4-5-9-15(13)20)27-19(26)21-10-6-3-7-11-21/h4-5,8-9,14,16H,3,6-7,10-12H2,1-2H3. The van der Waals surface area contributed by atoms with E-state index in [1.807, 2.05) is 18.2 Å². The van der Waals surface area contributed by atoms with Gasteiger partial charge in [-0.15, -0.1) is 0 Å². The highest BCUT2D eigenvalue weighted by atomic mass is 35.5. The Hall–Kier alpha value is -1.31. The van der Waals surface area contributed by atoms with Gasteiger partial charge in [-0.05, 0) is 37.3 Å². The van der Waals surface area contributed by atoms with Gasteiger partial charge < -0.3 is 14.4 Å². The van der Waals surface area contributed by atoms with Crippen LogP contribution >= 0.6 is 35.6 Å². The van der Waals surface area contributed by atoms with E-state index < -0.39 is 17.9 Å². The lowest BCUT2D eigenvalue weighted by atomic mass is 9.99. The van der Waals surface area contributed by atoms with Gasteiger partial charge in [-0.1, -0.05) is 53.8 Å². The lowest BCUT2D eigenvalue weighted by Gasteiger charge is -2.31. The van der Waals surface area contributed by atoms with Gasteiger partial charge in [0.1, 0.15) is 4.32 Å². The minimum atomic E-state index is -1.03. The van der Waals surface area contributed by atoms with Gasteiger partial charge in [0, 0.05) is 23.4 Å². The molecule has 1 aromatic carbocycles. The van der Waals surface area contributed by atoms with E-state index in [1.54, 1.807) is 6.07 Å². The number of halogens is 1. The molecule has 0 N–H and O–H groups in total. The maximum absolute atomic E-state index is 12.1. The Kier molecular flexibility index (Phi) is 8.86. The molecule has 8 heteroatoms. The van der Waals surface area contributed by atoms with Crippen LogP contribution < -0.4 is 0 Å². The van der Waals surface area contributed by atoms with Gasteiger partial charge in [-0.25, -0.2) is 0 Å². The number of carbonyl (C=O) groups is 2. The first-order valence-corrected chi connectivity index (χ1v) is 10.5. The fraction of sp³-hybridized carbons (Fsp3) is 0.526. The number of piperidine rings is 1. The zero-order chi connectivity index (χ0) is 19.8. The Morgan fingerprint density at radius 3 is 2.30 bits per heavy atom. The Balaban J connectivity index is 2.26. The van der Waals surface area contributed by atoms with E-state index in [4.69, 9.17) is 33.3 Å². The molecule has 0 aliphatic carbocycles. The van der Waals surface area contributed by atoms with Crippen molar-refractivity contribution >= 4 is 51.8 Å². The van der Waals surface area contributed by atoms with E-state index in [2.05, 4.69) is 4.90 Å². The van der Waals surface area contributed by atoms with Crippen LogP contribution in [0.1, 0.15) is 36.5 Å². The first kappa shape index (κ1) is 22.0. The summed E-state index contributed by atoms with van der Waals surface area (Å²) in [5, 5.41) is 0.307. The monoisotopic (exact) mass is 429 g/mol. The summed E-state index contributed by atoms with van der Waals surface area (Å²) >= 11 is 13.5. The molecule has 0 bridgehead atoms. The summed E-state index contributed by atoms with van der Waals surface area (Å²) in [7, 11) is 2.52. The third kappa shape index (κ3) is 6.09. The Morgan fingerprint density at radius 1 is 1.15 bits per heavy atom. The van der Waals surface area contributed by atoms with Gasteiger partial charge in [0.05, 0.1) is 14.2 Å². The van der Waals surface area contributed by atoms with Crippen LogP contribution in [0.4, 0.5) is 0 Å². The lowest BCUT2D eigenvalue weighted by molar-refractivity contribution is -0.159. The second-order valence-electron chi connectivity index (χ2n) is 6.28. The minimum absolute atomic E-state index is 0.196. The van der Waals surface area contributed by atoms with Crippen molar-refractivity contribution in [2.75, 3.05) is 27.3 Å². The van der Waals surface area contributed by atoms with Crippen molar-refractivity contribution in [3.05, 3.63) is 34.9 Å². The average Bonchev–Trinajstić information content (AvgIpc) is 2.71. The van der Waals surface area contributed by atoms with Crippen LogP contribution in [-0.2, 0) is 19.1 Å². The molecule has 0 spiro atoms. The van der Waals surface area contributed by atoms with Gasteiger partial charge in [0.25, 0.3) is 0 Å². The van der Waals surface area contributed by atoms with Crippen LogP contribution in [0.3, 0.4) is 0 Å². The summed E-state index contributed by atoms with van der Waals surface area (Å²) in [6.07, 6.45) is 3.64. The summed E-state index contributed by atoms with van der Waals surface area (Å²) in [5.41, 5.74) is 0.835. The summed E-state index contributed by atoms with van der Waals surface area (Å²) in [6, 6.07) is 7.41. The van der Waals surface area contributed by atoms with Crippen molar-refractivity contribution < 1.29 is 19.1 Å². The molecule has 148 valence electrons. The molecule has 1 unspecified atom stereocenters. The van der Waals surface area contributed by atoms with E-state index in [0.717, 1.165) is 35.8 Å². The number of hydrogen-bond donors (Lipinski definition) is 0. The van der Waals surface area contributed by atoms with E-state index in [9.17, 15) is 9.59 Å². The second kappa shape index (κ2) is 10.9. The molecule has 0 saturated carbocycles. The molecule has 5 nitrogen and oxygen atoms in total. The van der Waals surface area contributed by atoms with Gasteiger partial charge in [-0.3, -0.25) is 9.59 Å². The highest BCUT2D eigenvalue weighted by Gasteiger charge is 2.34. The largest absolute Gasteiger partial charge is 0.468 e. The Morgan fingerprint density at radius 2 is 1.74 bits per heavy atom. The van der Waals surface area contributed by atoms with Crippen molar-refractivity contribution in [3.8, 4) is 0 Å². The third-order valence-electron chi connectivity index (χ3n) is 4.53. The number of thiocarbonyl (C=S) groups is 1. The number of methoxy groups -OCH3 is 2. The average molecular weight is 430 g/mol. The molecule has 0 aromatic heterocycles. The maximum atomic E-state index is 12.1. The van der Waals surface area contributed by atoms with Crippen LogP contribution in [0.25, 0.3) is 0 Å². The predicted octanol–water partition coefficient (Wildman–Crippen LogP) is 4.24. The van der Waals surface area contributed by atoms with Crippen molar-refractivity contribution in [1.82, 2.24) is 4.90 Å². The lowest BCUT2D eigenvalue weighted by Crippen LogP contribution is -2.34. The fourth-order valence-electron chi connectivity index (χ4n) is 3.03. The topological polar surface area (TPSA) is 55.8 Å². The first-order valence-electron chi connectivity index (χ1n) is 8.83. The molecular formula is C19H24ClNO4S2. The zero-order valence-electron chi connectivity index (χ0n) is 15.5. The van der Waals surface area contributed by atoms with Crippen LogP contribution in [-0.4, -0.2) is 48.5 Å². The SMILES string of the molecule is COC(=O)C(CC(SC(=S)N1CCCCC1)c1ccccc1Cl)C(=O)OC. The van der Waals surface area contributed by atoms with E-state index >= 15 is 0 Å². The number of esters is 2. The second-order valence-corrected chi connectivity index (χ2v) is 8.52. The van der Waals surface area contributed by atoms with Crippen molar-refractivity contribution in [2.45, 2.75) is 30.9 Å². The maximum Gasteiger partial charge on any atom is 0.320 e. The summed E-state index contributed by atoms with van der Waals surface area (Å²) < 4.78 is 10.4. The predicted molar refractivity (Wildman–Crippen MR) is 112 cm³/mol. The molecule has 0 amide bonds. The number of nitrogens with zero attached hydrogens (tertiary/aromatic N) is 1. The normalized spacial score (nSPS) is 15.3. The van der Waals surface area contributed by atoms with E-state index in [0.29, 0.717) is 5.02 Å². The number of thioether (sulfide) groups is 1. The number of ether oxygens (including phenoxy) is 2. The minimum Gasteiger partial charge on any atom is -0.468 e. The van der Waals surface area contributed by atoms with Gasteiger partial charge in [0.15, 0.2) is 5.92 Å². The Labute approximate surface area is 174 Å². The number of likely N-dealkylation sites (tertiary alicyclic amines) is 1. The molecule has 1 heterocycles. The number of benzene rings is 1. The van der Waals surface area contributed by atoms with Crippen LogP contribution in [0.15, 0.2) is 24.3 Å². The Bertz CT molecular complexity index is 663. The molecule has 1 atom stereocenters. The van der Waals surface area contributed by atoms with Crippen molar-refractivity contribution in [3.63, 3.8) is 0 Å². The summed E-state index contributed by atoms with van der Waals surface area (Å²) in [5.74, 6) is -2.27. The zero-order valence-corrected chi connectivity index (χ0v) is 17.9. The molecule has 1 aliphatic rings. The number of carbonyl (C=O) groups excluding carboxylic acids is 2. The molecule has 1 fully saturated rings. The molecule has 1 aliphatic heterocycles. The molecule has 1 saturated heterocycles. The highest BCUT2D eigenvalue weighted by Crippen LogP contribution is 2.40. The van der Waals surface area contributed by atoms with Crippen molar-refractivity contribution in [1.29, 1.82) is 0 Å². The highest BCUT2D eigenvalue weighted by molar-refractivity contribution is 8.23. The van der Waals surface area contributed by atoms with Crippen LogP contribution in [0.5, 0.6) is 0 Å². The first-order chi connectivity index (χ1) is 13.0. The molecule has 27 heavy (non-hydrogen) atoms. The molecular weight excluding hydrogens is 406 g/mol. The smallest absolute Gasteiger partial charge is 0.320 e. The van der Waals surface area contributed by atoms with E-state index in [1.165, 1.54) is 32.4 Å². The van der Waals surface area contributed by atoms with Gasteiger partial charge >= 0.3 is 11.9 Å². The number of hydrogen-bond acceptors (Lipinski definition) is 6. The van der Waals surface area contributed by atoms with Gasteiger partial charge in [-0.2, -0.15) is 0 Å². The summed E-state index contributed by atoms with van der Waals surface area (Å²) in [6.45, 7) is 1.86. The third-order valence-corrected chi connectivity index (χ3v) is 6.61. The quantitative estimate of drug-likeness (QED) is 0.381. The van der Waals surface area contributed by atoms with E-state index in [-0.39, 0.29) is 11.7 Å². The fourth-order valence-corrected chi connectivity index (χ4v) is 5.09. The number of rotatable bonds is 6. The van der Waals surface area contributed by atoms with Crippen LogP contribution in [0, 0.1) is 5.92 Å². The summed E-state index contributed by atoms with van der Waals surface area (Å²) in [4.78, 5) is 26.5. The molecule has 1 aromatic rings. The molecule has 2 rings (SSSR count). The van der Waals surface area contributed by atoms with Gasteiger partial charge in [0.2, 0.25) is 0 Å². The van der Waals surface area contributed by atoms with Crippen LogP contribution in [0.2, 0.25) is 5.02 Å². The molecule has 0 radical (unpaired) electrons. The van der Waals surface area contributed by atoms with Crippen molar-refractivity contribution in [2.24, 2.45) is 5.92 Å².